The van der Waals surface area contributed by atoms with Crippen LogP contribution in [0.3, 0.4) is 0 Å². The Morgan fingerprint density at radius 3 is 2.85 bits per heavy atom. The summed E-state index contributed by atoms with van der Waals surface area (Å²) in [5.41, 5.74) is 5.71. The van der Waals surface area contributed by atoms with Gasteiger partial charge in [-0.25, -0.2) is 19.8 Å². The van der Waals surface area contributed by atoms with Gasteiger partial charge in [-0.1, -0.05) is 0 Å². The molecule has 144 valence electrons. The molecule has 1 fully saturated rings. The van der Waals surface area contributed by atoms with Crippen molar-refractivity contribution >= 4 is 27.2 Å². The van der Waals surface area contributed by atoms with Gasteiger partial charge in [0, 0.05) is 6.42 Å². The van der Waals surface area contributed by atoms with E-state index in [1.807, 2.05) is 0 Å². The van der Waals surface area contributed by atoms with Crippen molar-refractivity contribution in [1.29, 1.82) is 0 Å². The number of fused-ring (bicyclic) bond motifs is 1. The Kier molecular flexibility index (Phi) is 4.89. The topological polar surface area (TPSA) is 178 Å². The van der Waals surface area contributed by atoms with Gasteiger partial charge in [-0.15, -0.1) is 5.10 Å². The molecule has 2 aromatic rings. The second-order valence-corrected chi connectivity index (χ2v) is 6.52. The first-order chi connectivity index (χ1) is 12.2. The number of nitrogens with two attached hydrogens (primary N) is 2. The smallest absolute Gasteiger partial charge is 0.388 e. The maximum Gasteiger partial charge on any atom is 0.388 e. The van der Waals surface area contributed by atoms with Crippen LogP contribution in [-0.4, -0.2) is 58.7 Å². The van der Waals surface area contributed by atoms with Gasteiger partial charge in [0.05, 0.1) is 12.7 Å². The summed E-state index contributed by atoms with van der Waals surface area (Å²) in [6, 6.07) is 0. The Hall–Kier alpha value is -2.20. The number of anilines is 1. The molecule has 0 saturated carbocycles. The average Bonchev–Trinajstić information content (AvgIpc) is 3.06. The van der Waals surface area contributed by atoms with Crippen LogP contribution in [0.4, 0.5) is 14.6 Å². The molecule has 5 N–H and O–H groups in total. The molecule has 2 aromatic heterocycles. The van der Waals surface area contributed by atoms with Gasteiger partial charge in [0.15, 0.2) is 11.9 Å². The van der Waals surface area contributed by atoms with Gasteiger partial charge in [0.1, 0.15) is 23.6 Å². The maximum atomic E-state index is 12.6. The van der Waals surface area contributed by atoms with E-state index in [0.717, 1.165) is 11.0 Å². The first kappa shape index (κ1) is 18.6. The van der Waals surface area contributed by atoms with Gasteiger partial charge in [-0.2, -0.15) is 17.2 Å². The van der Waals surface area contributed by atoms with Crippen molar-refractivity contribution in [2.45, 2.75) is 31.5 Å². The summed E-state index contributed by atoms with van der Waals surface area (Å²) in [4.78, 5) is 7.62. The van der Waals surface area contributed by atoms with Crippen molar-refractivity contribution in [2.24, 2.45) is 5.14 Å². The molecule has 3 heterocycles. The summed E-state index contributed by atoms with van der Waals surface area (Å²) in [5.74, 6) is -0.639. The Morgan fingerprint density at radius 1 is 1.46 bits per heavy atom. The molecule has 26 heavy (non-hydrogen) atoms. The average molecular weight is 396 g/mol. The lowest BCUT2D eigenvalue weighted by atomic mass is 10.2. The highest BCUT2D eigenvalue weighted by Crippen LogP contribution is 2.35. The van der Waals surface area contributed by atoms with E-state index in [4.69, 9.17) is 15.6 Å². The lowest BCUT2D eigenvalue weighted by molar-refractivity contribution is -0.0566. The Morgan fingerprint density at radius 2 is 2.19 bits per heavy atom. The van der Waals surface area contributed by atoms with Gasteiger partial charge in [-0.3, -0.25) is 4.18 Å². The SMILES string of the molecule is Nc1ncnc2c1c(OC(F)F)nn2[C@H]1C[C@H](O)[C@@H](COS(N)(=O)=O)O1. The third-order valence-electron chi connectivity index (χ3n) is 3.56. The fraction of sp³-hybridized carbons (Fsp3) is 0.545. The first-order valence-electron chi connectivity index (χ1n) is 7.10. The minimum atomic E-state index is -4.22. The van der Waals surface area contributed by atoms with E-state index in [2.05, 4.69) is 24.0 Å². The highest BCUT2D eigenvalue weighted by molar-refractivity contribution is 7.84. The van der Waals surface area contributed by atoms with Crippen LogP contribution in [0, 0.1) is 0 Å². The number of nitrogens with zero attached hydrogens (tertiary/aromatic N) is 4. The molecule has 3 atom stereocenters. The van der Waals surface area contributed by atoms with Crippen LogP contribution in [0.5, 0.6) is 5.88 Å². The second-order valence-electron chi connectivity index (χ2n) is 5.30. The second kappa shape index (κ2) is 6.84. The van der Waals surface area contributed by atoms with E-state index >= 15 is 0 Å². The molecule has 0 radical (unpaired) electrons. The number of halogens is 2. The van der Waals surface area contributed by atoms with Crippen molar-refractivity contribution < 1.29 is 36.0 Å². The summed E-state index contributed by atoms with van der Waals surface area (Å²) in [6.45, 7) is -3.69. The van der Waals surface area contributed by atoms with Crippen LogP contribution in [0.2, 0.25) is 0 Å². The van der Waals surface area contributed by atoms with Gasteiger partial charge in [0.2, 0.25) is 0 Å². The van der Waals surface area contributed by atoms with Crippen molar-refractivity contribution in [2.75, 3.05) is 12.3 Å². The van der Waals surface area contributed by atoms with Crippen LogP contribution in [0.15, 0.2) is 6.33 Å². The zero-order valence-electron chi connectivity index (χ0n) is 12.9. The Labute approximate surface area is 144 Å². The van der Waals surface area contributed by atoms with E-state index in [1.165, 1.54) is 0 Å². The predicted molar refractivity (Wildman–Crippen MR) is 80.0 cm³/mol. The number of nitrogen functional groups attached to an aromatic ring is 1. The molecule has 0 aromatic carbocycles. The van der Waals surface area contributed by atoms with E-state index in [1.54, 1.807) is 0 Å². The van der Waals surface area contributed by atoms with E-state index in [9.17, 15) is 22.3 Å². The van der Waals surface area contributed by atoms with Gasteiger partial charge in [0.25, 0.3) is 5.88 Å². The number of rotatable bonds is 6. The molecule has 0 amide bonds. The number of alkyl halides is 2. The Balaban J connectivity index is 1.90. The number of aromatic nitrogens is 4. The van der Waals surface area contributed by atoms with Gasteiger partial charge < -0.3 is 20.3 Å². The van der Waals surface area contributed by atoms with Crippen LogP contribution < -0.4 is 15.6 Å². The summed E-state index contributed by atoms with van der Waals surface area (Å²) >= 11 is 0. The number of hydrogen-bond donors (Lipinski definition) is 3. The van der Waals surface area contributed by atoms with Crippen LogP contribution >= 0.6 is 0 Å². The zero-order valence-corrected chi connectivity index (χ0v) is 13.7. The normalized spacial score (nSPS) is 23.8. The molecular formula is C11H14F2N6O6S. The predicted octanol–water partition coefficient (Wildman–Crippen LogP) is -1.12. The fourth-order valence-electron chi connectivity index (χ4n) is 2.51. The molecule has 0 aliphatic carbocycles. The number of aliphatic hydroxyl groups excluding tert-OH is 1. The minimum Gasteiger partial charge on any atom is -0.414 e. The molecule has 1 aliphatic rings. The number of hydrogen-bond acceptors (Lipinski definition) is 10. The largest absolute Gasteiger partial charge is 0.414 e. The minimum absolute atomic E-state index is 0.0402. The summed E-state index contributed by atoms with van der Waals surface area (Å²) in [5, 5.41) is 18.5. The molecule has 3 rings (SSSR count). The summed E-state index contributed by atoms with van der Waals surface area (Å²) in [7, 11) is -4.22. The highest BCUT2D eigenvalue weighted by Gasteiger charge is 2.38. The molecule has 1 saturated heterocycles. The molecule has 1 aliphatic heterocycles. The summed E-state index contributed by atoms with van der Waals surface area (Å²) < 4.78 is 62.2. The zero-order chi connectivity index (χ0) is 19.1. The molecule has 0 spiro atoms. The standard InChI is InChI=1S/C11H14F2N6O6S/c12-11(13)25-10-7-8(14)16-3-17-9(7)19(18-10)6-1-4(20)5(24-6)2-23-26(15,21)22/h3-6,11,20H,1-2H2,(H2,14,16,17)(H2,15,21,22)/t4-,5+,6+/m0/s1. The number of ether oxygens (including phenoxy) is 2. The molecule has 12 nitrogen and oxygen atoms in total. The molecular weight excluding hydrogens is 382 g/mol. The molecule has 0 unspecified atom stereocenters. The van der Waals surface area contributed by atoms with E-state index in [0.29, 0.717) is 0 Å². The van der Waals surface area contributed by atoms with Crippen molar-refractivity contribution in [3.63, 3.8) is 0 Å². The third-order valence-corrected chi connectivity index (χ3v) is 4.02. The van der Waals surface area contributed by atoms with Crippen LogP contribution in [0.1, 0.15) is 12.6 Å². The van der Waals surface area contributed by atoms with Crippen molar-refractivity contribution in [3.05, 3.63) is 6.33 Å². The maximum absolute atomic E-state index is 12.6. The highest BCUT2D eigenvalue weighted by atomic mass is 32.2. The monoisotopic (exact) mass is 396 g/mol. The Bertz CT molecular complexity index is 908. The lowest BCUT2D eigenvalue weighted by Gasteiger charge is -2.14. The quantitative estimate of drug-likeness (QED) is 0.541. The first-order valence-corrected chi connectivity index (χ1v) is 8.57. The van der Waals surface area contributed by atoms with Crippen molar-refractivity contribution in [1.82, 2.24) is 19.7 Å². The van der Waals surface area contributed by atoms with Crippen LogP contribution in [0.25, 0.3) is 11.0 Å². The number of aliphatic hydroxyl groups is 1. The third kappa shape index (κ3) is 3.80. The van der Waals surface area contributed by atoms with Crippen LogP contribution in [-0.2, 0) is 19.2 Å². The summed E-state index contributed by atoms with van der Waals surface area (Å²) in [6.07, 6.45) is -2.09. The lowest BCUT2D eigenvalue weighted by Crippen LogP contribution is -2.30. The molecule has 0 bridgehead atoms. The van der Waals surface area contributed by atoms with Gasteiger partial charge >= 0.3 is 16.9 Å². The fourth-order valence-corrected chi connectivity index (χ4v) is 2.83. The van der Waals surface area contributed by atoms with E-state index in [-0.39, 0.29) is 23.3 Å². The van der Waals surface area contributed by atoms with Gasteiger partial charge in [-0.05, 0) is 0 Å². The molecule has 15 heteroatoms. The van der Waals surface area contributed by atoms with E-state index < -0.39 is 47.8 Å². The van der Waals surface area contributed by atoms with Crippen molar-refractivity contribution in [3.8, 4) is 5.88 Å².